The van der Waals surface area contributed by atoms with Gasteiger partial charge < -0.3 is 15.3 Å². The SMILES string of the molecule is O=C(N[C@H]1CCC[C@H]2CC[C@@H](C(=O)O)N2C1=O)[C@@H](S)Cc1ccccc1. The van der Waals surface area contributed by atoms with Gasteiger partial charge in [-0.05, 0) is 44.1 Å². The Balaban J connectivity index is 1.65. The van der Waals surface area contributed by atoms with Crippen LogP contribution in [-0.4, -0.2) is 51.2 Å². The lowest BCUT2D eigenvalue weighted by Crippen LogP contribution is -2.53. The summed E-state index contributed by atoms with van der Waals surface area (Å²) in [6.45, 7) is 0. The normalized spacial score (nSPS) is 26.7. The molecular formula is C19H24N2O4S. The highest BCUT2D eigenvalue weighted by molar-refractivity contribution is 7.81. The van der Waals surface area contributed by atoms with Crippen LogP contribution in [0.2, 0.25) is 0 Å². The summed E-state index contributed by atoms with van der Waals surface area (Å²) < 4.78 is 0. The molecule has 2 N–H and O–H groups in total. The number of hydrogen-bond donors (Lipinski definition) is 3. The molecule has 7 heteroatoms. The number of carboxylic acid groups (broad SMARTS) is 1. The molecule has 2 aliphatic rings. The van der Waals surface area contributed by atoms with Gasteiger partial charge in [-0.2, -0.15) is 12.6 Å². The van der Waals surface area contributed by atoms with Crippen LogP contribution in [0.25, 0.3) is 0 Å². The van der Waals surface area contributed by atoms with Crippen molar-refractivity contribution < 1.29 is 19.5 Å². The third-order valence-corrected chi connectivity index (χ3v) is 5.68. The van der Waals surface area contributed by atoms with Crippen LogP contribution >= 0.6 is 12.6 Å². The van der Waals surface area contributed by atoms with Gasteiger partial charge >= 0.3 is 5.97 Å². The minimum Gasteiger partial charge on any atom is -0.480 e. The number of carboxylic acids is 1. The van der Waals surface area contributed by atoms with Crippen LogP contribution in [0.5, 0.6) is 0 Å². The molecule has 2 saturated heterocycles. The number of rotatable bonds is 5. The molecule has 1 aromatic carbocycles. The molecule has 2 heterocycles. The van der Waals surface area contributed by atoms with Gasteiger partial charge in [-0.1, -0.05) is 30.3 Å². The summed E-state index contributed by atoms with van der Waals surface area (Å²) in [5.41, 5.74) is 1.00. The number of carbonyl (C=O) groups is 3. The highest BCUT2D eigenvalue weighted by Gasteiger charge is 2.44. The Bertz CT molecular complexity index is 681. The zero-order valence-corrected chi connectivity index (χ0v) is 15.4. The molecule has 4 atom stereocenters. The van der Waals surface area contributed by atoms with Crippen molar-refractivity contribution in [2.75, 3.05) is 0 Å². The Labute approximate surface area is 158 Å². The molecule has 6 nitrogen and oxygen atoms in total. The molecule has 0 spiro atoms. The molecule has 26 heavy (non-hydrogen) atoms. The van der Waals surface area contributed by atoms with Crippen molar-refractivity contribution in [2.24, 2.45) is 0 Å². The molecule has 2 amide bonds. The van der Waals surface area contributed by atoms with E-state index < -0.39 is 23.3 Å². The van der Waals surface area contributed by atoms with Gasteiger partial charge in [0.05, 0.1) is 5.25 Å². The number of nitrogens with one attached hydrogen (secondary N) is 1. The second-order valence-corrected chi connectivity index (χ2v) is 7.65. The summed E-state index contributed by atoms with van der Waals surface area (Å²) in [6, 6.07) is 8.11. The van der Waals surface area contributed by atoms with Crippen LogP contribution in [0.15, 0.2) is 30.3 Å². The maximum Gasteiger partial charge on any atom is 0.326 e. The first-order valence-electron chi connectivity index (χ1n) is 9.04. The van der Waals surface area contributed by atoms with Gasteiger partial charge in [-0.3, -0.25) is 9.59 Å². The molecule has 3 rings (SSSR count). The summed E-state index contributed by atoms with van der Waals surface area (Å²) in [7, 11) is 0. The molecule has 2 fully saturated rings. The number of amides is 2. The van der Waals surface area contributed by atoms with Crippen LogP contribution in [0.1, 0.15) is 37.7 Å². The third kappa shape index (κ3) is 4.03. The first kappa shape index (κ1) is 18.8. The second-order valence-electron chi connectivity index (χ2n) is 7.03. The van der Waals surface area contributed by atoms with Crippen molar-refractivity contribution in [3.05, 3.63) is 35.9 Å². The van der Waals surface area contributed by atoms with E-state index in [0.29, 0.717) is 25.7 Å². The second kappa shape index (κ2) is 8.12. The quantitative estimate of drug-likeness (QED) is 0.682. The maximum absolute atomic E-state index is 12.9. The van der Waals surface area contributed by atoms with E-state index in [1.807, 2.05) is 30.3 Å². The lowest BCUT2D eigenvalue weighted by atomic mass is 10.1. The summed E-state index contributed by atoms with van der Waals surface area (Å²) >= 11 is 4.39. The first-order valence-corrected chi connectivity index (χ1v) is 9.56. The number of carbonyl (C=O) groups excluding carboxylic acids is 2. The van der Waals surface area contributed by atoms with E-state index in [0.717, 1.165) is 18.4 Å². The van der Waals surface area contributed by atoms with Crippen LogP contribution in [0, 0.1) is 0 Å². The maximum atomic E-state index is 12.9. The summed E-state index contributed by atoms with van der Waals surface area (Å²) in [6.07, 6.45) is 3.79. The molecule has 0 aromatic heterocycles. The van der Waals surface area contributed by atoms with Gasteiger partial charge in [0, 0.05) is 6.04 Å². The molecule has 0 aliphatic carbocycles. The average Bonchev–Trinajstić information content (AvgIpc) is 2.99. The standard InChI is InChI=1S/C19H24N2O4S/c22-17(16(26)11-12-5-2-1-3-6-12)20-14-8-4-7-13-9-10-15(19(24)25)21(13)18(14)23/h1-3,5-6,13-16,26H,4,7-11H2,(H,20,22)(H,24,25)/t13-,14-,15-,16-/m0/s1. The minimum atomic E-state index is -0.969. The monoisotopic (exact) mass is 376 g/mol. The number of nitrogens with zero attached hydrogens (tertiary/aromatic N) is 1. The van der Waals surface area contributed by atoms with Crippen molar-refractivity contribution in [1.82, 2.24) is 10.2 Å². The predicted molar refractivity (Wildman–Crippen MR) is 100.0 cm³/mol. The van der Waals surface area contributed by atoms with Gasteiger partial charge in [0.1, 0.15) is 12.1 Å². The zero-order chi connectivity index (χ0) is 18.7. The molecule has 2 aliphatic heterocycles. The average molecular weight is 376 g/mol. The molecule has 0 bridgehead atoms. The van der Waals surface area contributed by atoms with Crippen LogP contribution < -0.4 is 5.32 Å². The lowest BCUT2D eigenvalue weighted by molar-refractivity contribution is -0.150. The molecule has 140 valence electrons. The van der Waals surface area contributed by atoms with E-state index in [1.165, 1.54) is 4.90 Å². The molecule has 0 saturated carbocycles. The topological polar surface area (TPSA) is 86.7 Å². The lowest BCUT2D eigenvalue weighted by Gasteiger charge is -2.29. The van der Waals surface area contributed by atoms with Gasteiger partial charge in [0.25, 0.3) is 0 Å². The highest BCUT2D eigenvalue weighted by Crippen LogP contribution is 2.31. The van der Waals surface area contributed by atoms with Gasteiger partial charge in [-0.15, -0.1) is 0 Å². The molecule has 0 radical (unpaired) electrons. The van der Waals surface area contributed by atoms with Crippen molar-refractivity contribution in [3.8, 4) is 0 Å². The van der Waals surface area contributed by atoms with Gasteiger partial charge in [-0.25, -0.2) is 4.79 Å². The van der Waals surface area contributed by atoms with Crippen molar-refractivity contribution in [2.45, 2.75) is 61.9 Å². The Morgan fingerprint density at radius 2 is 1.92 bits per heavy atom. The number of aliphatic carboxylic acids is 1. The third-order valence-electron chi connectivity index (χ3n) is 5.26. The van der Waals surface area contributed by atoms with Crippen LogP contribution in [0.4, 0.5) is 0 Å². The zero-order valence-electron chi connectivity index (χ0n) is 14.5. The van der Waals surface area contributed by atoms with E-state index in [4.69, 9.17) is 0 Å². The Morgan fingerprint density at radius 3 is 2.62 bits per heavy atom. The summed E-state index contributed by atoms with van der Waals surface area (Å²) in [5.74, 6) is -1.53. The smallest absolute Gasteiger partial charge is 0.326 e. The van der Waals surface area contributed by atoms with Crippen molar-refractivity contribution in [3.63, 3.8) is 0 Å². The van der Waals surface area contributed by atoms with Crippen molar-refractivity contribution in [1.29, 1.82) is 0 Å². The first-order chi connectivity index (χ1) is 12.5. The fraction of sp³-hybridized carbons (Fsp3) is 0.526. The molecular weight excluding hydrogens is 352 g/mol. The Hall–Kier alpha value is -2.02. The van der Waals surface area contributed by atoms with Gasteiger partial charge in [0.15, 0.2) is 0 Å². The van der Waals surface area contributed by atoms with E-state index in [9.17, 15) is 19.5 Å². The fourth-order valence-corrected chi connectivity index (χ4v) is 4.22. The Kier molecular flexibility index (Phi) is 5.86. The Morgan fingerprint density at radius 1 is 1.19 bits per heavy atom. The van der Waals surface area contributed by atoms with E-state index >= 15 is 0 Å². The van der Waals surface area contributed by atoms with E-state index in [-0.39, 0.29) is 17.9 Å². The summed E-state index contributed by atoms with van der Waals surface area (Å²) in [5, 5.41) is 11.6. The van der Waals surface area contributed by atoms with E-state index in [2.05, 4.69) is 17.9 Å². The minimum absolute atomic E-state index is 0.0263. The number of benzene rings is 1. The highest BCUT2D eigenvalue weighted by atomic mass is 32.1. The molecule has 0 unspecified atom stereocenters. The predicted octanol–water partition coefficient (Wildman–Crippen LogP) is 1.64. The summed E-state index contributed by atoms with van der Waals surface area (Å²) in [4.78, 5) is 38.3. The largest absolute Gasteiger partial charge is 0.480 e. The van der Waals surface area contributed by atoms with E-state index in [1.54, 1.807) is 0 Å². The van der Waals surface area contributed by atoms with Crippen molar-refractivity contribution >= 4 is 30.4 Å². The molecule has 1 aromatic rings. The number of thiol groups is 1. The van der Waals surface area contributed by atoms with Gasteiger partial charge in [0.2, 0.25) is 11.8 Å². The fourth-order valence-electron chi connectivity index (χ4n) is 3.94. The van der Waals surface area contributed by atoms with Crippen LogP contribution in [-0.2, 0) is 20.8 Å². The number of hydrogen-bond acceptors (Lipinski definition) is 4. The van der Waals surface area contributed by atoms with Crippen LogP contribution in [0.3, 0.4) is 0 Å². The number of fused-ring (bicyclic) bond motifs is 1.